The van der Waals surface area contributed by atoms with E-state index in [1.54, 1.807) is 12.3 Å². The van der Waals surface area contributed by atoms with Crippen LogP contribution >= 0.6 is 0 Å². The highest BCUT2D eigenvalue weighted by Crippen LogP contribution is 2.30. The number of pyridine rings is 1. The average Bonchev–Trinajstić information content (AvgIpc) is 3.10. The van der Waals surface area contributed by atoms with Gasteiger partial charge in [-0.25, -0.2) is 8.42 Å². The first-order valence-corrected chi connectivity index (χ1v) is 9.40. The molecule has 0 bridgehead atoms. The van der Waals surface area contributed by atoms with Crippen LogP contribution in [0.2, 0.25) is 0 Å². The minimum atomic E-state index is -4.50. The van der Waals surface area contributed by atoms with Crippen molar-refractivity contribution in [2.24, 2.45) is 0 Å². The lowest BCUT2D eigenvalue weighted by atomic mass is 10.2. The molecule has 0 radical (unpaired) electrons. The second-order valence-electron chi connectivity index (χ2n) is 5.93. The number of halogens is 3. The number of hydrogen-bond acceptors (Lipinski definition) is 4. The molecule has 1 saturated heterocycles. The Labute approximate surface area is 149 Å². The Morgan fingerprint density at radius 1 is 1.15 bits per heavy atom. The monoisotopic (exact) mass is 386 g/mol. The van der Waals surface area contributed by atoms with Crippen molar-refractivity contribution in [1.82, 2.24) is 9.29 Å². The fraction of sp³-hybridized carbons (Fsp3) is 0.353. The number of sulfonamides is 1. The third-order valence-electron chi connectivity index (χ3n) is 4.12. The standard InChI is InChI=1S/C17H17F3N2O3S/c18-17(19,20)13-4-6-16(7-5-13)26(23,24)22-10-8-15(11-22)25-12-14-3-1-2-9-21-14/h1-7,9,15H,8,10-12H2/t15-/m1/s1. The summed E-state index contributed by atoms with van der Waals surface area (Å²) in [5, 5.41) is 0. The molecule has 0 aliphatic carbocycles. The molecule has 0 saturated carbocycles. The van der Waals surface area contributed by atoms with Gasteiger partial charge in [0.05, 0.1) is 28.9 Å². The van der Waals surface area contributed by atoms with Gasteiger partial charge in [-0.1, -0.05) is 6.07 Å². The molecule has 2 heterocycles. The van der Waals surface area contributed by atoms with Gasteiger partial charge in [-0.05, 0) is 42.8 Å². The Morgan fingerprint density at radius 2 is 1.88 bits per heavy atom. The van der Waals surface area contributed by atoms with Crippen LogP contribution in [-0.4, -0.2) is 36.9 Å². The quantitative estimate of drug-likeness (QED) is 0.793. The highest BCUT2D eigenvalue weighted by molar-refractivity contribution is 7.89. The normalized spacial score (nSPS) is 19.0. The molecule has 1 fully saturated rings. The summed E-state index contributed by atoms with van der Waals surface area (Å²) in [5.41, 5.74) is -0.133. The van der Waals surface area contributed by atoms with Crippen LogP contribution in [-0.2, 0) is 27.5 Å². The highest BCUT2D eigenvalue weighted by Gasteiger charge is 2.34. The van der Waals surface area contributed by atoms with E-state index in [9.17, 15) is 21.6 Å². The van der Waals surface area contributed by atoms with Crippen molar-refractivity contribution in [3.8, 4) is 0 Å². The van der Waals surface area contributed by atoms with Crippen molar-refractivity contribution in [1.29, 1.82) is 0 Å². The molecule has 3 rings (SSSR count). The number of alkyl halides is 3. The fourth-order valence-electron chi connectivity index (χ4n) is 2.70. The summed E-state index contributed by atoms with van der Waals surface area (Å²) in [6, 6.07) is 8.96. The van der Waals surface area contributed by atoms with Crippen LogP contribution in [0, 0.1) is 0 Å². The lowest BCUT2D eigenvalue weighted by molar-refractivity contribution is -0.137. The maximum Gasteiger partial charge on any atom is 0.416 e. The third kappa shape index (κ3) is 4.22. The lowest BCUT2D eigenvalue weighted by Crippen LogP contribution is -2.30. The van der Waals surface area contributed by atoms with Crippen molar-refractivity contribution in [3.63, 3.8) is 0 Å². The molecule has 9 heteroatoms. The largest absolute Gasteiger partial charge is 0.416 e. The first kappa shape index (κ1) is 18.8. The second-order valence-corrected chi connectivity index (χ2v) is 7.87. The zero-order valence-corrected chi connectivity index (χ0v) is 14.5. The Kier molecular flexibility index (Phi) is 5.31. The SMILES string of the molecule is O=S(=O)(c1ccc(C(F)(F)F)cc1)N1CC[C@@H](OCc2ccccn2)C1. The Morgan fingerprint density at radius 3 is 2.50 bits per heavy atom. The Hall–Kier alpha value is -1.97. The van der Waals surface area contributed by atoms with Gasteiger partial charge in [0, 0.05) is 19.3 Å². The van der Waals surface area contributed by atoms with Crippen LogP contribution in [0.15, 0.2) is 53.6 Å². The van der Waals surface area contributed by atoms with Crippen molar-refractivity contribution in [2.45, 2.75) is 30.2 Å². The van der Waals surface area contributed by atoms with Crippen LogP contribution in [0.25, 0.3) is 0 Å². The number of rotatable bonds is 5. The lowest BCUT2D eigenvalue weighted by Gasteiger charge is -2.17. The predicted molar refractivity (Wildman–Crippen MR) is 87.6 cm³/mol. The summed E-state index contributed by atoms with van der Waals surface area (Å²) in [7, 11) is -3.85. The first-order valence-electron chi connectivity index (χ1n) is 7.96. The van der Waals surface area contributed by atoms with Crippen molar-refractivity contribution >= 4 is 10.0 Å². The Bertz CT molecular complexity index is 840. The molecule has 26 heavy (non-hydrogen) atoms. The Balaban J connectivity index is 1.63. The molecular formula is C17H17F3N2O3S. The van der Waals surface area contributed by atoms with Gasteiger partial charge in [-0.3, -0.25) is 4.98 Å². The zero-order chi connectivity index (χ0) is 18.8. The number of aromatic nitrogens is 1. The number of hydrogen-bond donors (Lipinski definition) is 0. The summed E-state index contributed by atoms with van der Waals surface area (Å²) < 4.78 is 70.0. The maximum atomic E-state index is 12.6. The molecule has 1 atom stereocenters. The predicted octanol–water partition coefficient (Wildman–Crippen LogP) is 3.08. The number of ether oxygens (including phenoxy) is 1. The van der Waals surface area contributed by atoms with Crippen molar-refractivity contribution in [3.05, 3.63) is 59.9 Å². The van der Waals surface area contributed by atoms with E-state index in [4.69, 9.17) is 4.74 Å². The molecule has 0 amide bonds. The topological polar surface area (TPSA) is 59.5 Å². The van der Waals surface area contributed by atoms with Crippen LogP contribution in [0.3, 0.4) is 0 Å². The molecule has 1 aromatic carbocycles. The maximum absolute atomic E-state index is 12.6. The average molecular weight is 386 g/mol. The minimum Gasteiger partial charge on any atom is -0.371 e. The summed E-state index contributed by atoms with van der Waals surface area (Å²) in [6.07, 6.45) is -2.61. The highest BCUT2D eigenvalue weighted by atomic mass is 32.2. The molecule has 2 aromatic rings. The van der Waals surface area contributed by atoms with Gasteiger partial charge < -0.3 is 4.74 Å². The van der Waals surface area contributed by atoms with Crippen molar-refractivity contribution < 1.29 is 26.3 Å². The smallest absolute Gasteiger partial charge is 0.371 e. The summed E-state index contributed by atoms with van der Waals surface area (Å²) >= 11 is 0. The molecule has 1 aliphatic rings. The molecule has 0 N–H and O–H groups in total. The summed E-state index contributed by atoms with van der Waals surface area (Å²) in [5.74, 6) is 0. The molecule has 1 aromatic heterocycles. The summed E-state index contributed by atoms with van der Waals surface area (Å²) in [6.45, 7) is 0.700. The molecule has 0 unspecified atom stereocenters. The first-order chi connectivity index (χ1) is 12.3. The molecular weight excluding hydrogens is 369 g/mol. The van der Waals surface area contributed by atoms with E-state index in [0.717, 1.165) is 30.0 Å². The van der Waals surface area contributed by atoms with Gasteiger partial charge in [0.15, 0.2) is 0 Å². The van der Waals surface area contributed by atoms with E-state index >= 15 is 0 Å². The van der Waals surface area contributed by atoms with Gasteiger partial charge in [0.2, 0.25) is 10.0 Å². The van der Waals surface area contributed by atoms with Gasteiger partial charge in [0.1, 0.15) is 0 Å². The third-order valence-corrected chi connectivity index (χ3v) is 6.00. The van der Waals surface area contributed by atoms with E-state index in [-0.39, 0.29) is 30.7 Å². The van der Waals surface area contributed by atoms with E-state index in [2.05, 4.69) is 4.98 Å². The molecule has 5 nitrogen and oxygen atoms in total. The second kappa shape index (κ2) is 7.34. The minimum absolute atomic E-state index is 0.157. The van der Waals surface area contributed by atoms with Crippen LogP contribution < -0.4 is 0 Å². The zero-order valence-electron chi connectivity index (χ0n) is 13.7. The van der Waals surface area contributed by atoms with Crippen LogP contribution in [0.4, 0.5) is 13.2 Å². The molecule has 1 aliphatic heterocycles. The number of benzene rings is 1. The van der Waals surface area contributed by atoms with E-state index in [0.29, 0.717) is 6.42 Å². The van der Waals surface area contributed by atoms with Crippen LogP contribution in [0.1, 0.15) is 17.7 Å². The molecule has 140 valence electrons. The van der Waals surface area contributed by atoms with Gasteiger partial charge >= 0.3 is 6.18 Å². The van der Waals surface area contributed by atoms with E-state index in [1.807, 2.05) is 12.1 Å². The molecule has 0 spiro atoms. The van der Waals surface area contributed by atoms with Gasteiger partial charge in [0.25, 0.3) is 0 Å². The summed E-state index contributed by atoms with van der Waals surface area (Å²) in [4.78, 5) is 3.98. The fourth-order valence-corrected chi connectivity index (χ4v) is 4.19. The van der Waals surface area contributed by atoms with Crippen molar-refractivity contribution in [2.75, 3.05) is 13.1 Å². The van der Waals surface area contributed by atoms with E-state index < -0.39 is 21.8 Å². The van der Waals surface area contributed by atoms with Gasteiger partial charge in [-0.15, -0.1) is 0 Å². The number of nitrogens with zero attached hydrogens (tertiary/aromatic N) is 2. The van der Waals surface area contributed by atoms with Crippen LogP contribution in [0.5, 0.6) is 0 Å². The van der Waals surface area contributed by atoms with E-state index in [1.165, 1.54) is 4.31 Å². The van der Waals surface area contributed by atoms with Gasteiger partial charge in [-0.2, -0.15) is 17.5 Å².